The Bertz CT molecular complexity index is 407. The Morgan fingerprint density at radius 1 is 1.41 bits per heavy atom. The van der Waals surface area contributed by atoms with Crippen LogP contribution in [0.5, 0.6) is 0 Å². The molecule has 1 aliphatic rings. The number of halogens is 1. The lowest BCUT2D eigenvalue weighted by Gasteiger charge is -2.35. The van der Waals surface area contributed by atoms with Gasteiger partial charge in [-0.3, -0.25) is 0 Å². The van der Waals surface area contributed by atoms with E-state index in [0.29, 0.717) is 19.5 Å². The average molecular weight is 238 g/mol. The molecule has 5 heteroatoms. The van der Waals surface area contributed by atoms with Crippen molar-refractivity contribution < 1.29 is 14.3 Å². The van der Waals surface area contributed by atoms with Gasteiger partial charge in [-0.05, 0) is 24.1 Å². The van der Waals surface area contributed by atoms with E-state index in [1.54, 1.807) is 12.1 Å². The highest BCUT2D eigenvalue weighted by atomic mass is 19.1. The fourth-order valence-electron chi connectivity index (χ4n) is 2.21. The maximum absolute atomic E-state index is 12.8. The second-order valence-corrected chi connectivity index (χ2v) is 4.34. The molecule has 0 saturated carbocycles. The highest BCUT2D eigenvalue weighted by molar-refractivity contribution is 5.65. The molecule has 17 heavy (non-hydrogen) atoms. The molecule has 1 saturated heterocycles. The topological polar surface area (TPSA) is 66.6 Å². The Morgan fingerprint density at radius 3 is 2.65 bits per heavy atom. The van der Waals surface area contributed by atoms with Gasteiger partial charge in [0.05, 0.1) is 0 Å². The summed E-state index contributed by atoms with van der Waals surface area (Å²) in [4.78, 5) is 12.3. The van der Waals surface area contributed by atoms with Crippen LogP contribution in [-0.4, -0.2) is 35.2 Å². The maximum Gasteiger partial charge on any atom is 0.407 e. The van der Waals surface area contributed by atoms with Crippen molar-refractivity contribution in [3.63, 3.8) is 0 Å². The minimum atomic E-state index is -0.927. The van der Waals surface area contributed by atoms with Crippen molar-refractivity contribution in [2.45, 2.75) is 18.4 Å². The largest absolute Gasteiger partial charge is 0.465 e. The molecule has 1 aromatic rings. The van der Waals surface area contributed by atoms with Crippen molar-refractivity contribution in [2.24, 2.45) is 5.73 Å². The van der Waals surface area contributed by atoms with Crippen LogP contribution < -0.4 is 5.73 Å². The SMILES string of the molecule is N[C@@H]1CCN(C(=O)O)C[C@@H]1c1ccc(F)cc1. The number of carboxylic acid groups (broad SMARTS) is 1. The zero-order valence-corrected chi connectivity index (χ0v) is 9.34. The number of rotatable bonds is 1. The number of nitrogens with two attached hydrogens (primary N) is 1. The number of carbonyl (C=O) groups is 1. The number of hydrogen-bond donors (Lipinski definition) is 2. The third-order valence-electron chi connectivity index (χ3n) is 3.23. The molecule has 0 aromatic heterocycles. The molecule has 3 N–H and O–H groups in total. The average Bonchev–Trinajstić information content (AvgIpc) is 2.31. The van der Waals surface area contributed by atoms with Crippen LogP contribution in [0.1, 0.15) is 17.9 Å². The van der Waals surface area contributed by atoms with E-state index in [0.717, 1.165) is 5.56 Å². The number of piperidine rings is 1. The molecule has 1 amide bonds. The first-order valence-electron chi connectivity index (χ1n) is 5.57. The lowest BCUT2D eigenvalue weighted by Crippen LogP contribution is -2.47. The van der Waals surface area contributed by atoms with E-state index in [4.69, 9.17) is 10.8 Å². The lowest BCUT2D eigenvalue weighted by molar-refractivity contribution is 0.126. The van der Waals surface area contributed by atoms with Crippen LogP contribution in [0.2, 0.25) is 0 Å². The van der Waals surface area contributed by atoms with Crippen molar-refractivity contribution in [1.29, 1.82) is 0 Å². The first kappa shape index (κ1) is 11.9. The molecule has 0 unspecified atom stereocenters. The minimum Gasteiger partial charge on any atom is -0.465 e. The van der Waals surface area contributed by atoms with Gasteiger partial charge in [0.2, 0.25) is 0 Å². The molecular formula is C12H15FN2O2. The standard InChI is InChI=1S/C12H15FN2O2/c13-9-3-1-8(2-4-9)10-7-15(12(16)17)6-5-11(10)14/h1-4,10-11H,5-7,14H2,(H,16,17)/t10-,11-/m1/s1. The van der Waals surface area contributed by atoms with E-state index < -0.39 is 6.09 Å². The molecule has 0 spiro atoms. The third-order valence-corrected chi connectivity index (χ3v) is 3.23. The van der Waals surface area contributed by atoms with Gasteiger partial charge in [0, 0.05) is 25.0 Å². The molecule has 4 nitrogen and oxygen atoms in total. The quantitative estimate of drug-likeness (QED) is 0.781. The monoisotopic (exact) mass is 238 g/mol. The zero-order chi connectivity index (χ0) is 12.4. The van der Waals surface area contributed by atoms with Crippen LogP contribution in [0, 0.1) is 5.82 Å². The van der Waals surface area contributed by atoms with Gasteiger partial charge in [-0.2, -0.15) is 0 Å². The van der Waals surface area contributed by atoms with Gasteiger partial charge in [0.25, 0.3) is 0 Å². The molecule has 2 atom stereocenters. The van der Waals surface area contributed by atoms with Gasteiger partial charge in [-0.25, -0.2) is 9.18 Å². The van der Waals surface area contributed by atoms with E-state index in [9.17, 15) is 9.18 Å². The molecular weight excluding hydrogens is 223 g/mol. The molecule has 0 aliphatic carbocycles. The smallest absolute Gasteiger partial charge is 0.407 e. The molecule has 1 heterocycles. The summed E-state index contributed by atoms with van der Waals surface area (Å²) in [5.41, 5.74) is 6.89. The molecule has 2 rings (SSSR count). The fraction of sp³-hybridized carbons (Fsp3) is 0.417. The summed E-state index contributed by atoms with van der Waals surface area (Å²) in [5, 5.41) is 8.96. The first-order chi connectivity index (χ1) is 8.08. The molecule has 1 aliphatic heterocycles. The third kappa shape index (κ3) is 2.55. The number of benzene rings is 1. The number of amides is 1. The number of nitrogens with zero attached hydrogens (tertiary/aromatic N) is 1. The summed E-state index contributed by atoms with van der Waals surface area (Å²) in [7, 11) is 0. The van der Waals surface area contributed by atoms with Crippen LogP contribution in [0.3, 0.4) is 0 Å². The minimum absolute atomic E-state index is 0.0551. The summed E-state index contributed by atoms with van der Waals surface area (Å²) >= 11 is 0. The van der Waals surface area contributed by atoms with Gasteiger partial charge in [0.1, 0.15) is 5.82 Å². The van der Waals surface area contributed by atoms with E-state index in [-0.39, 0.29) is 17.8 Å². The molecule has 0 radical (unpaired) electrons. The maximum atomic E-state index is 12.8. The van der Waals surface area contributed by atoms with Gasteiger partial charge < -0.3 is 15.7 Å². The molecule has 1 fully saturated rings. The Hall–Kier alpha value is -1.62. The van der Waals surface area contributed by atoms with Crippen molar-refractivity contribution in [3.8, 4) is 0 Å². The van der Waals surface area contributed by atoms with Crippen LogP contribution in [-0.2, 0) is 0 Å². The molecule has 0 bridgehead atoms. The Balaban J connectivity index is 2.17. The molecule has 92 valence electrons. The second-order valence-electron chi connectivity index (χ2n) is 4.34. The lowest BCUT2D eigenvalue weighted by atomic mass is 9.87. The van der Waals surface area contributed by atoms with Gasteiger partial charge in [-0.1, -0.05) is 12.1 Å². The zero-order valence-electron chi connectivity index (χ0n) is 9.34. The second kappa shape index (κ2) is 4.71. The van der Waals surface area contributed by atoms with E-state index in [2.05, 4.69) is 0 Å². The summed E-state index contributed by atoms with van der Waals surface area (Å²) in [5.74, 6) is -0.353. The van der Waals surface area contributed by atoms with Gasteiger partial charge >= 0.3 is 6.09 Å². The van der Waals surface area contributed by atoms with Crippen LogP contribution in [0.15, 0.2) is 24.3 Å². The Morgan fingerprint density at radius 2 is 2.06 bits per heavy atom. The Labute approximate surface area is 98.8 Å². The van der Waals surface area contributed by atoms with E-state index in [1.807, 2.05) is 0 Å². The van der Waals surface area contributed by atoms with Crippen molar-refractivity contribution in [3.05, 3.63) is 35.6 Å². The van der Waals surface area contributed by atoms with Crippen LogP contribution in [0.25, 0.3) is 0 Å². The molecule has 1 aromatic carbocycles. The number of hydrogen-bond acceptors (Lipinski definition) is 2. The van der Waals surface area contributed by atoms with E-state index >= 15 is 0 Å². The van der Waals surface area contributed by atoms with Crippen LogP contribution >= 0.6 is 0 Å². The summed E-state index contributed by atoms with van der Waals surface area (Å²) in [6, 6.07) is 6.02. The Kier molecular flexibility index (Phi) is 3.28. The fourth-order valence-corrected chi connectivity index (χ4v) is 2.21. The summed E-state index contributed by atoms with van der Waals surface area (Å²) < 4.78 is 12.8. The highest BCUT2D eigenvalue weighted by Crippen LogP contribution is 2.26. The van der Waals surface area contributed by atoms with Crippen molar-refractivity contribution >= 4 is 6.09 Å². The number of likely N-dealkylation sites (tertiary alicyclic amines) is 1. The highest BCUT2D eigenvalue weighted by Gasteiger charge is 2.30. The predicted octanol–water partition coefficient (Wildman–Crippen LogP) is 1.62. The predicted molar refractivity (Wildman–Crippen MR) is 61.3 cm³/mol. The normalized spacial score (nSPS) is 24.7. The van der Waals surface area contributed by atoms with Gasteiger partial charge in [0.15, 0.2) is 0 Å². The van der Waals surface area contributed by atoms with Crippen molar-refractivity contribution in [2.75, 3.05) is 13.1 Å². The summed E-state index contributed by atoms with van der Waals surface area (Å²) in [6.45, 7) is 0.844. The summed E-state index contributed by atoms with van der Waals surface area (Å²) in [6.07, 6.45) is -0.294. The van der Waals surface area contributed by atoms with E-state index in [1.165, 1.54) is 17.0 Å². The van der Waals surface area contributed by atoms with Crippen LogP contribution in [0.4, 0.5) is 9.18 Å². The first-order valence-corrected chi connectivity index (χ1v) is 5.57. The van der Waals surface area contributed by atoms with Crippen molar-refractivity contribution in [1.82, 2.24) is 4.90 Å². The van der Waals surface area contributed by atoms with Gasteiger partial charge in [-0.15, -0.1) is 0 Å².